The van der Waals surface area contributed by atoms with E-state index in [0.29, 0.717) is 17.8 Å². The maximum Gasteiger partial charge on any atom is 0.270 e. The van der Waals surface area contributed by atoms with Crippen LogP contribution < -0.4 is 15.4 Å². The fraction of sp³-hybridized carbons (Fsp3) is 0.182. The van der Waals surface area contributed by atoms with E-state index in [2.05, 4.69) is 20.6 Å². The Balaban J connectivity index is 1.62. The van der Waals surface area contributed by atoms with Crippen molar-refractivity contribution in [1.82, 2.24) is 15.3 Å². The first-order chi connectivity index (χ1) is 14.0. The van der Waals surface area contributed by atoms with E-state index in [4.69, 9.17) is 4.74 Å². The van der Waals surface area contributed by atoms with Crippen molar-refractivity contribution < 1.29 is 14.3 Å². The van der Waals surface area contributed by atoms with Gasteiger partial charge in [0.1, 0.15) is 11.4 Å². The number of pyridine rings is 2. The van der Waals surface area contributed by atoms with Crippen molar-refractivity contribution in [2.24, 2.45) is 0 Å². The molecule has 0 spiro atoms. The molecular formula is C22H22N4O3. The zero-order chi connectivity index (χ0) is 20.6. The summed E-state index contributed by atoms with van der Waals surface area (Å²) in [7, 11) is 0. The highest BCUT2D eigenvalue weighted by Crippen LogP contribution is 2.17. The molecule has 2 aromatic heterocycles. The molecule has 0 bridgehead atoms. The molecule has 2 heterocycles. The van der Waals surface area contributed by atoms with E-state index < -0.39 is 0 Å². The fourth-order valence-electron chi connectivity index (χ4n) is 2.56. The highest BCUT2D eigenvalue weighted by Gasteiger charge is 2.12. The van der Waals surface area contributed by atoms with Gasteiger partial charge < -0.3 is 15.4 Å². The quantitative estimate of drug-likeness (QED) is 0.645. The Morgan fingerprint density at radius 2 is 1.69 bits per heavy atom. The summed E-state index contributed by atoms with van der Waals surface area (Å²) in [6.45, 7) is 4.25. The number of carbonyl (C=O) groups excluding carboxylic acids is 2. The molecule has 0 radical (unpaired) electrons. The third-order valence-corrected chi connectivity index (χ3v) is 3.94. The zero-order valence-electron chi connectivity index (χ0n) is 16.3. The maximum absolute atomic E-state index is 12.5. The van der Waals surface area contributed by atoms with Gasteiger partial charge in [-0.15, -0.1) is 0 Å². The van der Waals surface area contributed by atoms with E-state index in [1.54, 1.807) is 42.7 Å². The van der Waals surface area contributed by atoms with Gasteiger partial charge in [0.25, 0.3) is 11.8 Å². The summed E-state index contributed by atoms with van der Waals surface area (Å²) < 4.78 is 5.59. The summed E-state index contributed by atoms with van der Waals surface area (Å²) in [5.41, 5.74) is 2.07. The van der Waals surface area contributed by atoms with E-state index in [-0.39, 0.29) is 23.6 Å². The largest absolute Gasteiger partial charge is 0.491 e. The van der Waals surface area contributed by atoms with Crippen LogP contribution in [0.2, 0.25) is 0 Å². The summed E-state index contributed by atoms with van der Waals surface area (Å²) in [5, 5.41) is 5.58. The number of ether oxygens (including phenoxy) is 1. The summed E-state index contributed by atoms with van der Waals surface area (Å²) in [5.74, 6) is 0.0508. The Morgan fingerprint density at radius 3 is 2.38 bits per heavy atom. The molecular weight excluding hydrogens is 368 g/mol. The van der Waals surface area contributed by atoms with Crippen LogP contribution in [0.3, 0.4) is 0 Å². The number of hydrogen-bond acceptors (Lipinski definition) is 5. The van der Waals surface area contributed by atoms with Crippen molar-refractivity contribution in [3.63, 3.8) is 0 Å². The minimum absolute atomic E-state index is 0.0791. The molecule has 0 saturated heterocycles. The topological polar surface area (TPSA) is 93.2 Å². The lowest BCUT2D eigenvalue weighted by Crippen LogP contribution is -2.24. The second-order valence-electron chi connectivity index (χ2n) is 6.61. The van der Waals surface area contributed by atoms with Gasteiger partial charge in [0, 0.05) is 36.4 Å². The predicted molar refractivity (Wildman–Crippen MR) is 110 cm³/mol. The first-order valence-corrected chi connectivity index (χ1v) is 9.22. The number of amides is 2. The van der Waals surface area contributed by atoms with Crippen molar-refractivity contribution in [3.8, 4) is 5.75 Å². The summed E-state index contributed by atoms with van der Waals surface area (Å²) in [6.07, 6.45) is 4.84. The van der Waals surface area contributed by atoms with Gasteiger partial charge in [0.2, 0.25) is 0 Å². The average molecular weight is 390 g/mol. The number of anilines is 1. The number of rotatable bonds is 7. The van der Waals surface area contributed by atoms with Crippen LogP contribution in [0.25, 0.3) is 0 Å². The Morgan fingerprint density at radius 1 is 0.966 bits per heavy atom. The normalized spacial score (nSPS) is 10.4. The van der Waals surface area contributed by atoms with Crippen LogP contribution in [0.5, 0.6) is 5.75 Å². The minimum Gasteiger partial charge on any atom is -0.491 e. The number of benzene rings is 1. The summed E-state index contributed by atoms with van der Waals surface area (Å²) in [6, 6.07) is 13.8. The van der Waals surface area contributed by atoms with Gasteiger partial charge in [0.05, 0.1) is 6.10 Å². The standard InChI is InChI=1S/C22H22N4O3/c1-15(2)29-19-5-3-18(4-6-19)26-21(27)17-9-12-24-20(13-17)22(28)25-14-16-7-10-23-11-8-16/h3-13,15H,14H2,1-2H3,(H,25,28)(H,26,27). The van der Waals surface area contributed by atoms with E-state index in [1.165, 1.54) is 12.3 Å². The van der Waals surface area contributed by atoms with Gasteiger partial charge in [-0.1, -0.05) is 0 Å². The highest BCUT2D eigenvalue weighted by atomic mass is 16.5. The van der Waals surface area contributed by atoms with Gasteiger partial charge in [-0.05, 0) is 67.9 Å². The highest BCUT2D eigenvalue weighted by molar-refractivity contribution is 6.05. The number of nitrogens with zero attached hydrogens (tertiary/aromatic N) is 2. The fourth-order valence-corrected chi connectivity index (χ4v) is 2.56. The molecule has 0 saturated carbocycles. The van der Waals surface area contributed by atoms with Crippen LogP contribution >= 0.6 is 0 Å². The number of hydrogen-bond donors (Lipinski definition) is 2. The number of nitrogens with one attached hydrogen (secondary N) is 2. The molecule has 0 fully saturated rings. The van der Waals surface area contributed by atoms with Gasteiger partial charge in [0.15, 0.2) is 0 Å². The predicted octanol–water partition coefficient (Wildman–Crippen LogP) is 3.45. The third-order valence-electron chi connectivity index (χ3n) is 3.94. The Labute approximate surface area is 169 Å². The Hall–Kier alpha value is -3.74. The Bertz CT molecular complexity index is 973. The summed E-state index contributed by atoms with van der Waals surface area (Å²) >= 11 is 0. The van der Waals surface area contributed by atoms with Gasteiger partial charge in [-0.25, -0.2) is 0 Å². The lowest BCUT2D eigenvalue weighted by molar-refractivity contribution is 0.0946. The molecule has 0 aliphatic heterocycles. The molecule has 2 amide bonds. The van der Waals surface area contributed by atoms with Crippen LogP contribution in [-0.4, -0.2) is 27.9 Å². The lowest BCUT2D eigenvalue weighted by Gasteiger charge is -2.11. The van der Waals surface area contributed by atoms with Crippen molar-refractivity contribution in [3.05, 3.63) is 83.9 Å². The van der Waals surface area contributed by atoms with Gasteiger partial charge >= 0.3 is 0 Å². The molecule has 2 N–H and O–H groups in total. The lowest BCUT2D eigenvalue weighted by atomic mass is 10.2. The molecule has 148 valence electrons. The molecule has 1 aromatic carbocycles. The molecule has 29 heavy (non-hydrogen) atoms. The second kappa shape index (κ2) is 9.45. The second-order valence-corrected chi connectivity index (χ2v) is 6.61. The SMILES string of the molecule is CC(C)Oc1ccc(NC(=O)c2ccnc(C(=O)NCc3ccncc3)c2)cc1. The molecule has 0 aliphatic carbocycles. The van der Waals surface area contributed by atoms with Crippen molar-refractivity contribution in [2.75, 3.05) is 5.32 Å². The van der Waals surface area contributed by atoms with E-state index in [9.17, 15) is 9.59 Å². The molecule has 0 unspecified atom stereocenters. The van der Waals surface area contributed by atoms with Gasteiger partial charge in [-0.3, -0.25) is 19.6 Å². The zero-order valence-corrected chi connectivity index (χ0v) is 16.3. The van der Waals surface area contributed by atoms with Crippen LogP contribution in [0.4, 0.5) is 5.69 Å². The van der Waals surface area contributed by atoms with Crippen LogP contribution in [0.1, 0.15) is 40.3 Å². The minimum atomic E-state index is -0.355. The molecule has 3 rings (SSSR count). The third kappa shape index (κ3) is 5.87. The molecule has 0 atom stereocenters. The number of aromatic nitrogens is 2. The summed E-state index contributed by atoms with van der Waals surface area (Å²) in [4.78, 5) is 32.9. The molecule has 3 aromatic rings. The molecule has 7 heteroatoms. The van der Waals surface area contributed by atoms with E-state index in [0.717, 1.165) is 11.3 Å². The van der Waals surface area contributed by atoms with Crippen molar-refractivity contribution in [2.45, 2.75) is 26.5 Å². The maximum atomic E-state index is 12.5. The van der Waals surface area contributed by atoms with Crippen LogP contribution in [0.15, 0.2) is 67.1 Å². The van der Waals surface area contributed by atoms with Crippen molar-refractivity contribution in [1.29, 1.82) is 0 Å². The van der Waals surface area contributed by atoms with Crippen molar-refractivity contribution >= 4 is 17.5 Å². The first-order valence-electron chi connectivity index (χ1n) is 9.22. The Kier molecular flexibility index (Phi) is 6.52. The number of carbonyl (C=O) groups is 2. The first kappa shape index (κ1) is 20.0. The smallest absolute Gasteiger partial charge is 0.270 e. The van der Waals surface area contributed by atoms with Crippen LogP contribution in [0, 0.1) is 0 Å². The van der Waals surface area contributed by atoms with Crippen LogP contribution in [-0.2, 0) is 6.54 Å². The molecule has 0 aliphatic rings. The van der Waals surface area contributed by atoms with E-state index in [1.807, 2.05) is 26.0 Å². The van der Waals surface area contributed by atoms with Gasteiger partial charge in [-0.2, -0.15) is 0 Å². The monoisotopic (exact) mass is 390 g/mol. The van der Waals surface area contributed by atoms with E-state index >= 15 is 0 Å². The molecule has 7 nitrogen and oxygen atoms in total. The average Bonchev–Trinajstić information content (AvgIpc) is 2.74.